The Labute approximate surface area is 131 Å². The molecule has 0 fully saturated rings. The van der Waals surface area contributed by atoms with Crippen LogP contribution in [-0.4, -0.2) is 19.6 Å². The van der Waals surface area contributed by atoms with Gasteiger partial charge in [-0.3, -0.25) is 4.79 Å². The molecule has 0 saturated carbocycles. The lowest BCUT2D eigenvalue weighted by atomic mass is 9.97. The van der Waals surface area contributed by atoms with Crippen molar-refractivity contribution in [3.8, 4) is 5.75 Å². The standard InChI is InChI=1S/C18H22N2O2/c1-13(14-8-10-16(22-2)11-9-14)20-18(21)17(12-19)15-6-4-3-5-7-15/h3-11,13,17H,12,19H2,1-2H3,(H,20,21). The molecule has 0 bridgehead atoms. The Kier molecular flexibility index (Phi) is 5.55. The van der Waals surface area contributed by atoms with Crippen molar-refractivity contribution in [3.63, 3.8) is 0 Å². The van der Waals surface area contributed by atoms with Gasteiger partial charge in [-0.15, -0.1) is 0 Å². The van der Waals surface area contributed by atoms with Crippen molar-refractivity contribution in [2.75, 3.05) is 13.7 Å². The van der Waals surface area contributed by atoms with Crippen LogP contribution in [0.1, 0.15) is 30.0 Å². The molecule has 2 unspecified atom stereocenters. The van der Waals surface area contributed by atoms with E-state index in [1.165, 1.54) is 0 Å². The summed E-state index contributed by atoms with van der Waals surface area (Å²) in [6.45, 7) is 2.24. The Morgan fingerprint density at radius 2 is 1.73 bits per heavy atom. The minimum atomic E-state index is -0.332. The van der Waals surface area contributed by atoms with E-state index in [0.717, 1.165) is 16.9 Å². The Morgan fingerprint density at radius 1 is 1.09 bits per heavy atom. The van der Waals surface area contributed by atoms with Gasteiger partial charge in [0.25, 0.3) is 0 Å². The van der Waals surface area contributed by atoms with Gasteiger partial charge >= 0.3 is 0 Å². The fraction of sp³-hybridized carbons (Fsp3) is 0.278. The van der Waals surface area contributed by atoms with Crippen molar-refractivity contribution in [2.45, 2.75) is 18.9 Å². The Balaban J connectivity index is 2.06. The highest BCUT2D eigenvalue weighted by molar-refractivity contribution is 5.84. The van der Waals surface area contributed by atoms with Gasteiger partial charge in [0, 0.05) is 6.54 Å². The molecule has 2 aromatic rings. The number of ether oxygens (including phenoxy) is 1. The first kappa shape index (κ1) is 16.0. The maximum atomic E-state index is 12.5. The normalized spacial score (nSPS) is 13.2. The number of carbonyl (C=O) groups excluding carboxylic acids is 1. The first-order chi connectivity index (χ1) is 10.7. The molecule has 0 aromatic heterocycles. The smallest absolute Gasteiger partial charge is 0.229 e. The van der Waals surface area contributed by atoms with Crippen LogP contribution in [-0.2, 0) is 4.79 Å². The first-order valence-electron chi connectivity index (χ1n) is 7.35. The van der Waals surface area contributed by atoms with Crippen LogP contribution in [0.15, 0.2) is 54.6 Å². The molecule has 0 saturated heterocycles. The van der Waals surface area contributed by atoms with Gasteiger partial charge in [-0.05, 0) is 30.2 Å². The average Bonchev–Trinajstić information content (AvgIpc) is 2.56. The number of methoxy groups -OCH3 is 1. The van der Waals surface area contributed by atoms with Crippen molar-refractivity contribution in [2.24, 2.45) is 5.73 Å². The van der Waals surface area contributed by atoms with Crippen LogP contribution in [0.5, 0.6) is 5.75 Å². The number of amides is 1. The maximum Gasteiger partial charge on any atom is 0.229 e. The third-order valence-electron chi connectivity index (χ3n) is 3.73. The number of nitrogens with two attached hydrogens (primary N) is 1. The van der Waals surface area contributed by atoms with Gasteiger partial charge in [-0.1, -0.05) is 42.5 Å². The summed E-state index contributed by atoms with van der Waals surface area (Å²) in [5.74, 6) is 0.408. The van der Waals surface area contributed by atoms with Crippen molar-refractivity contribution in [1.82, 2.24) is 5.32 Å². The summed E-state index contributed by atoms with van der Waals surface area (Å²) in [7, 11) is 1.63. The highest BCUT2D eigenvalue weighted by atomic mass is 16.5. The predicted octanol–water partition coefficient (Wildman–Crippen LogP) is 2.61. The van der Waals surface area contributed by atoms with E-state index in [-0.39, 0.29) is 24.4 Å². The van der Waals surface area contributed by atoms with Crippen LogP contribution >= 0.6 is 0 Å². The molecule has 0 radical (unpaired) electrons. The summed E-state index contributed by atoms with van der Waals surface area (Å²) < 4.78 is 5.14. The zero-order valence-electron chi connectivity index (χ0n) is 13.0. The minimum absolute atomic E-state index is 0.0583. The summed E-state index contributed by atoms with van der Waals surface area (Å²) in [5.41, 5.74) is 7.74. The van der Waals surface area contributed by atoms with Crippen LogP contribution in [0.4, 0.5) is 0 Å². The quantitative estimate of drug-likeness (QED) is 0.861. The predicted molar refractivity (Wildman–Crippen MR) is 87.8 cm³/mol. The molecule has 1 amide bonds. The summed E-state index contributed by atoms with van der Waals surface area (Å²) in [6.07, 6.45) is 0. The summed E-state index contributed by atoms with van der Waals surface area (Å²) in [5, 5.41) is 3.02. The van der Waals surface area contributed by atoms with Crippen LogP contribution < -0.4 is 15.8 Å². The molecule has 2 rings (SSSR count). The summed E-state index contributed by atoms with van der Waals surface area (Å²) in [4.78, 5) is 12.5. The van der Waals surface area contributed by atoms with E-state index in [1.54, 1.807) is 7.11 Å². The number of rotatable bonds is 6. The zero-order chi connectivity index (χ0) is 15.9. The average molecular weight is 298 g/mol. The van der Waals surface area contributed by atoms with Crippen LogP contribution in [0.2, 0.25) is 0 Å². The summed E-state index contributed by atoms with van der Waals surface area (Å²) >= 11 is 0. The second-order valence-corrected chi connectivity index (χ2v) is 5.20. The zero-order valence-corrected chi connectivity index (χ0v) is 13.0. The Morgan fingerprint density at radius 3 is 2.27 bits per heavy atom. The van der Waals surface area contributed by atoms with Gasteiger partial charge < -0.3 is 15.8 Å². The molecule has 0 spiro atoms. The van der Waals surface area contributed by atoms with E-state index in [1.807, 2.05) is 61.5 Å². The fourth-order valence-corrected chi connectivity index (χ4v) is 2.37. The lowest BCUT2D eigenvalue weighted by Gasteiger charge is -2.20. The highest BCUT2D eigenvalue weighted by Crippen LogP contribution is 2.20. The molecule has 0 aliphatic heterocycles. The number of hydrogen-bond donors (Lipinski definition) is 2. The van der Waals surface area contributed by atoms with Crippen molar-refractivity contribution >= 4 is 5.91 Å². The van der Waals surface area contributed by atoms with Crippen molar-refractivity contribution < 1.29 is 9.53 Å². The molecule has 2 atom stereocenters. The number of carbonyl (C=O) groups is 1. The van der Waals surface area contributed by atoms with E-state index >= 15 is 0 Å². The van der Waals surface area contributed by atoms with Crippen LogP contribution in [0.3, 0.4) is 0 Å². The molecule has 0 heterocycles. The SMILES string of the molecule is COc1ccc(C(C)NC(=O)C(CN)c2ccccc2)cc1. The number of benzene rings is 2. The van der Waals surface area contributed by atoms with Gasteiger partial charge in [-0.25, -0.2) is 0 Å². The van der Waals surface area contributed by atoms with E-state index in [0.29, 0.717) is 0 Å². The van der Waals surface area contributed by atoms with Gasteiger partial charge in [0.15, 0.2) is 0 Å². The molecular formula is C18H22N2O2. The van der Waals surface area contributed by atoms with Crippen molar-refractivity contribution in [1.29, 1.82) is 0 Å². The minimum Gasteiger partial charge on any atom is -0.497 e. The second-order valence-electron chi connectivity index (χ2n) is 5.20. The molecule has 4 nitrogen and oxygen atoms in total. The topological polar surface area (TPSA) is 64.3 Å². The van der Waals surface area contributed by atoms with Gasteiger partial charge in [-0.2, -0.15) is 0 Å². The van der Waals surface area contributed by atoms with E-state index < -0.39 is 0 Å². The van der Waals surface area contributed by atoms with E-state index in [4.69, 9.17) is 10.5 Å². The van der Waals surface area contributed by atoms with Crippen molar-refractivity contribution in [3.05, 3.63) is 65.7 Å². The monoisotopic (exact) mass is 298 g/mol. The summed E-state index contributed by atoms with van der Waals surface area (Å²) in [6, 6.07) is 17.2. The lowest BCUT2D eigenvalue weighted by molar-refractivity contribution is -0.123. The number of nitrogens with one attached hydrogen (secondary N) is 1. The Bertz CT molecular complexity index is 596. The largest absolute Gasteiger partial charge is 0.497 e. The lowest BCUT2D eigenvalue weighted by Crippen LogP contribution is -2.35. The van der Waals surface area contributed by atoms with E-state index in [9.17, 15) is 4.79 Å². The Hall–Kier alpha value is -2.33. The second kappa shape index (κ2) is 7.61. The first-order valence-corrected chi connectivity index (χ1v) is 7.35. The molecule has 2 aromatic carbocycles. The molecule has 3 N–H and O–H groups in total. The van der Waals surface area contributed by atoms with Gasteiger partial charge in [0.2, 0.25) is 5.91 Å². The van der Waals surface area contributed by atoms with Crippen LogP contribution in [0.25, 0.3) is 0 Å². The molecule has 0 aliphatic carbocycles. The fourth-order valence-electron chi connectivity index (χ4n) is 2.37. The van der Waals surface area contributed by atoms with E-state index in [2.05, 4.69) is 5.32 Å². The number of hydrogen-bond acceptors (Lipinski definition) is 3. The maximum absolute atomic E-state index is 12.5. The third-order valence-corrected chi connectivity index (χ3v) is 3.73. The molecular weight excluding hydrogens is 276 g/mol. The molecule has 22 heavy (non-hydrogen) atoms. The third kappa shape index (κ3) is 3.86. The van der Waals surface area contributed by atoms with Crippen LogP contribution in [0, 0.1) is 0 Å². The molecule has 4 heteroatoms. The van der Waals surface area contributed by atoms with Gasteiger partial charge in [0.05, 0.1) is 19.1 Å². The van der Waals surface area contributed by atoms with Gasteiger partial charge in [0.1, 0.15) is 5.75 Å². The highest BCUT2D eigenvalue weighted by Gasteiger charge is 2.20. The molecule has 116 valence electrons. The molecule has 0 aliphatic rings.